The van der Waals surface area contributed by atoms with Gasteiger partial charge in [0.05, 0.1) is 12.2 Å². The highest BCUT2D eigenvalue weighted by Gasteiger charge is 2.19. The third kappa shape index (κ3) is 3.60. The lowest BCUT2D eigenvalue weighted by Crippen LogP contribution is -2.29. The fourth-order valence-corrected chi connectivity index (χ4v) is 3.91. The zero-order chi connectivity index (χ0) is 17.8. The molecule has 3 aromatic heterocycles. The van der Waals surface area contributed by atoms with Crippen LogP contribution in [0.2, 0.25) is 0 Å². The minimum atomic E-state index is -0.157. The van der Waals surface area contributed by atoms with Gasteiger partial charge in [-0.25, -0.2) is 0 Å². The van der Waals surface area contributed by atoms with Crippen LogP contribution in [0, 0.1) is 0 Å². The van der Waals surface area contributed by atoms with Crippen LogP contribution in [0.1, 0.15) is 35.4 Å². The molecule has 0 bridgehead atoms. The Hall–Kier alpha value is -2.74. The van der Waals surface area contributed by atoms with Crippen molar-refractivity contribution in [2.45, 2.75) is 25.8 Å². The van der Waals surface area contributed by atoms with Crippen LogP contribution in [0.3, 0.4) is 0 Å². The van der Waals surface area contributed by atoms with Crippen LogP contribution in [0.25, 0.3) is 5.13 Å². The molecule has 4 rings (SSSR count). The second-order valence-electron chi connectivity index (χ2n) is 6.18. The molecule has 1 amide bonds. The Bertz CT molecular complexity index is 869. The number of anilines is 1. The van der Waals surface area contributed by atoms with E-state index in [0.29, 0.717) is 17.4 Å². The Morgan fingerprint density at radius 1 is 1.08 bits per heavy atom. The molecule has 1 aliphatic heterocycles. The zero-order valence-electron chi connectivity index (χ0n) is 14.3. The highest BCUT2D eigenvalue weighted by Crippen LogP contribution is 2.26. The number of rotatable bonds is 5. The van der Waals surface area contributed by atoms with Gasteiger partial charge in [0.15, 0.2) is 0 Å². The molecule has 1 fully saturated rings. The van der Waals surface area contributed by atoms with E-state index in [0.717, 1.165) is 23.9 Å². The maximum absolute atomic E-state index is 12.6. The summed E-state index contributed by atoms with van der Waals surface area (Å²) in [5, 5.41) is 13.2. The van der Waals surface area contributed by atoms with Crippen molar-refractivity contribution in [3.8, 4) is 5.13 Å². The molecule has 26 heavy (non-hydrogen) atoms. The standard InChI is InChI=1S/C18H20N6OS/c25-16(20-13-14-7-2-3-9-19-14)15-8-6-12-24(15)18-22-21-17(26-18)23-10-4-1-5-11-23/h2-3,6-9,12H,1,4-5,10-11,13H2,(H,20,25). The highest BCUT2D eigenvalue weighted by atomic mass is 32.1. The van der Waals surface area contributed by atoms with E-state index in [1.807, 2.05) is 30.5 Å². The molecule has 4 heterocycles. The van der Waals surface area contributed by atoms with Crippen molar-refractivity contribution in [1.82, 2.24) is 25.1 Å². The van der Waals surface area contributed by atoms with Gasteiger partial charge in [0.2, 0.25) is 10.3 Å². The van der Waals surface area contributed by atoms with Gasteiger partial charge >= 0.3 is 0 Å². The molecule has 8 heteroatoms. The Morgan fingerprint density at radius 3 is 2.73 bits per heavy atom. The largest absolute Gasteiger partial charge is 0.347 e. The molecule has 0 atom stereocenters. The number of amides is 1. The second kappa shape index (κ2) is 7.65. The topological polar surface area (TPSA) is 75.9 Å². The third-order valence-electron chi connectivity index (χ3n) is 4.37. The van der Waals surface area contributed by atoms with E-state index in [2.05, 4.69) is 25.4 Å². The number of piperidine rings is 1. The molecule has 1 saturated heterocycles. The molecule has 1 aliphatic rings. The third-order valence-corrected chi connectivity index (χ3v) is 5.36. The first kappa shape index (κ1) is 16.7. The maximum Gasteiger partial charge on any atom is 0.268 e. The van der Waals surface area contributed by atoms with E-state index < -0.39 is 0 Å². The number of carbonyl (C=O) groups excluding carboxylic acids is 1. The van der Waals surface area contributed by atoms with E-state index in [9.17, 15) is 4.79 Å². The average molecular weight is 368 g/mol. The fourth-order valence-electron chi connectivity index (χ4n) is 3.02. The first-order valence-electron chi connectivity index (χ1n) is 8.75. The van der Waals surface area contributed by atoms with Crippen LogP contribution in [0.15, 0.2) is 42.7 Å². The minimum Gasteiger partial charge on any atom is -0.347 e. The molecule has 134 valence electrons. The Morgan fingerprint density at radius 2 is 1.92 bits per heavy atom. The SMILES string of the molecule is O=C(NCc1ccccn1)c1cccn1-c1nnc(N2CCCCC2)s1. The monoisotopic (exact) mass is 368 g/mol. The van der Waals surface area contributed by atoms with Crippen molar-refractivity contribution in [2.75, 3.05) is 18.0 Å². The minimum absolute atomic E-state index is 0.157. The van der Waals surface area contributed by atoms with Crippen molar-refractivity contribution >= 4 is 22.4 Å². The van der Waals surface area contributed by atoms with E-state index in [1.54, 1.807) is 16.8 Å². The van der Waals surface area contributed by atoms with Gasteiger partial charge in [-0.3, -0.25) is 14.3 Å². The molecule has 7 nitrogen and oxygen atoms in total. The molecule has 0 spiro atoms. The molecule has 0 aromatic carbocycles. The van der Waals surface area contributed by atoms with Crippen LogP contribution in [0.5, 0.6) is 0 Å². The molecular weight excluding hydrogens is 348 g/mol. The van der Waals surface area contributed by atoms with Crippen molar-refractivity contribution < 1.29 is 4.79 Å². The molecular formula is C18H20N6OS. The van der Waals surface area contributed by atoms with Gasteiger partial charge in [-0.05, 0) is 43.5 Å². The first-order valence-corrected chi connectivity index (χ1v) is 9.57. The van der Waals surface area contributed by atoms with E-state index >= 15 is 0 Å². The lowest BCUT2D eigenvalue weighted by molar-refractivity contribution is 0.0943. The van der Waals surface area contributed by atoms with Crippen LogP contribution in [-0.4, -0.2) is 38.7 Å². The zero-order valence-corrected chi connectivity index (χ0v) is 15.2. The number of nitrogens with one attached hydrogen (secondary N) is 1. The maximum atomic E-state index is 12.6. The van der Waals surface area contributed by atoms with E-state index in [-0.39, 0.29) is 5.91 Å². The smallest absolute Gasteiger partial charge is 0.268 e. The van der Waals surface area contributed by atoms with Crippen LogP contribution < -0.4 is 10.2 Å². The summed E-state index contributed by atoms with van der Waals surface area (Å²) in [7, 11) is 0. The predicted octanol–water partition coefficient (Wildman–Crippen LogP) is 2.64. The summed E-state index contributed by atoms with van der Waals surface area (Å²) in [6.45, 7) is 2.44. The lowest BCUT2D eigenvalue weighted by Gasteiger charge is -2.25. The predicted molar refractivity (Wildman–Crippen MR) is 101 cm³/mol. The summed E-state index contributed by atoms with van der Waals surface area (Å²) in [4.78, 5) is 19.1. The van der Waals surface area contributed by atoms with Gasteiger partial charge in [0, 0.05) is 25.5 Å². The number of pyridine rings is 1. The number of aromatic nitrogens is 4. The number of hydrogen-bond donors (Lipinski definition) is 1. The van der Waals surface area contributed by atoms with Crippen molar-refractivity contribution in [3.63, 3.8) is 0 Å². The molecule has 0 saturated carbocycles. The Balaban J connectivity index is 1.48. The van der Waals surface area contributed by atoms with Gasteiger partial charge in [0.25, 0.3) is 5.91 Å². The average Bonchev–Trinajstić information content (AvgIpc) is 3.37. The quantitative estimate of drug-likeness (QED) is 0.749. The first-order chi connectivity index (χ1) is 12.8. The van der Waals surface area contributed by atoms with Crippen LogP contribution >= 0.6 is 11.3 Å². The Kier molecular flexibility index (Phi) is 4.92. The lowest BCUT2D eigenvalue weighted by atomic mass is 10.1. The summed E-state index contributed by atoms with van der Waals surface area (Å²) in [6, 6.07) is 9.27. The highest BCUT2D eigenvalue weighted by molar-refractivity contribution is 7.17. The van der Waals surface area contributed by atoms with Gasteiger partial charge in [-0.2, -0.15) is 0 Å². The molecule has 0 unspecified atom stereocenters. The van der Waals surface area contributed by atoms with Crippen molar-refractivity contribution in [1.29, 1.82) is 0 Å². The number of nitrogens with zero attached hydrogens (tertiary/aromatic N) is 5. The fraction of sp³-hybridized carbons (Fsp3) is 0.333. The number of carbonyl (C=O) groups is 1. The summed E-state index contributed by atoms with van der Waals surface area (Å²) in [6.07, 6.45) is 7.23. The van der Waals surface area contributed by atoms with Crippen LogP contribution in [-0.2, 0) is 6.54 Å². The summed E-state index contributed by atoms with van der Waals surface area (Å²) in [5.74, 6) is -0.157. The number of hydrogen-bond acceptors (Lipinski definition) is 6. The van der Waals surface area contributed by atoms with Crippen molar-refractivity contribution in [3.05, 3.63) is 54.1 Å². The summed E-state index contributed by atoms with van der Waals surface area (Å²) < 4.78 is 1.79. The molecule has 0 aliphatic carbocycles. The van der Waals surface area contributed by atoms with Gasteiger partial charge in [0.1, 0.15) is 5.69 Å². The van der Waals surface area contributed by atoms with E-state index in [1.165, 1.54) is 30.6 Å². The van der Waals surface area contributed by atoms with Crippen LogP contribution in [0.4, 0.5) is 5.13 Å². The van der Waals surface area contributed by atoms with Crippen molar-refractivity contribution in [2.24, 2.45) is 0 Å². The normalized spacial score (nSPS) is 14.4. The molecule has 0 radical (unpaired) electrons. The van der Waals surface area contributed by atoms with Gasteiger partial charge in [-0.1, -0.05) is 17.4 Å². The summed E-state index contributed by atoms with van der Waals surface area (Å²) in [5.41, 5.74) is 1.37. The Labute approximate surface area is 155 Å². The summed E-state index contributed by atoms with van der Waals surface area (Å²) >= 11 is 1.52. The second-order valence-corrected chi connectivity index (χ2v) is 7.12. The molecule has 3 aromatic rings. The van der Waals surface area contributed by atoms with Gasteiger partial charge < -0.3 is 10.2 Å². The van der Waals surface area contributed by atoms with Gasteiger partial charge in [-0.15, -0.1) is 10.2 Å². The molecule has 1 N–H and O–H groups in total. The van der Waals surface area contributed by atoms with E-state index in [4.69, 9.17) is 0 Å².